The minimum absolute atomic E-state index is 0.00701. The van der Waals surface area contributed by atoms with E-state index >= 15 is 0 Å². The first-order valence-electron chi connectivity index (χ1n) is 8.04. The number of hydrogen-bond acceptors (Lipinski definition) is 8. The Morgan fingerprint density at radius 2 is 2.07 bits per heavy atom. The van der Waals surface area contributed by atoms with E-state index in [1.165, 1.54) is 29.5 Å². The lowest BCUT2D eigenvalue weighted by molar-refractivity contribution is -0.385. The number of thiophene rings is 1. The highest BCUT2D eigenvalue weighted by molar-refractivity contribution is 7.12. The second kappa shape index (κ2) is 8.45. The standard InChI is InChI=1S/C18H15NO7S/c20-14(17-4-2-8-27-17)3-1-7-24-18(21)6-5-12-9-15-16(26-11-25-15)10-13(12)19(22)23/h2,4-6,8-10H,1,3,7,11H2/b6-5+. The van der Waals surface area contributed by atoms with Gasteiger partial charge in [-0.2, -0.15) is 0 Å². The number of Topliss-reactive ketones (excluding diaryl/α,β-unsaturated/α-hetero) is 1. The van der Waals surface area contributed by atoms with Crippen LogP contribution in [0.5, 0.6) is 11.5 Å². The lowest BCUT2D eigenvalue weighted by Crippen LogP contribution is -2.05. The lowest BCUT2D eigenvalue weighted by Gasteiger charge is -2.02. The summed E-state index contributed by atoms with van der Waals surface area (Å²) in [6, 6.07) is 6.24. The number of benzene rings is 1. The lowest BCUT2D eigenvalue weighted by atomic mass is 10.1. The molecule has 140 valence electrons. The van der Waals surface area contributed by atoms with Crippen LogP contribution in [0.1, 0.15) is 28.1 Å². The zero-order chi connectivity index (χ0) is 19.2. The maximum absolute atomic E-state index is 11.8. The fraction of sp³-hybridized carbons (Fsp3) is 0.222. The van der Waals surface area contributed by atoms with Gasteiger partial charge in [0.2, 0.25) is 6.79 Å². The van der Waals surface area contributed by atoms with Crippen LogP contribution in [0.4, 0.5) is 5.69 Å². The summed E-state index contributed by atoms with van der Waals surface area (Å²) < 4.78 is 15.3. The summed E-state index contributed by atoms with van der Waals surface area (Å²) in [5.74, 6) is 0.0238. The third-order valence-electron chi connectivity index (χ3n) is 3.71. The van der Waals surface area contributed by atoms with Gasteiger partial charge >= 0.3 is 5.97 Å². The van der Waals surface area contributed by atoms with Gasteiger partial charge in [-0.1, -0.05) is 6.07 Å². The SMILES string of the molecule is O=C(/C=C/c1cc2c(cc1[N+](=O)[O-])OCO2)OCCCC(=O)c1cccs1. The molecular formula is C18H15NO7S. The number of carbonyl (C=O) groups is 2. The van der Waals surface area contributed by atoms with Crippen LogP contribution < -0.4 is 9.47 Å². The molecule has 1 aliphatic heterocycles. The molecule has 0 amide bonds. The molecule has 0 saturated carbocycles. The molecule has 2 heterocycles. The largest absolute Gasteiger partial charge is 0.463 e. The first kappa shape index (κ1) is 18.6. The van der Waals surface area contributed by atoms with Crippen molar-refractivity contribution >= 4 is 34.9 Å². The molecule has 0 fully saturated rings. The van der Waals surface area contributed by atoms with Crippen molar-refractivity contribution in [3.63, 3.8) is 0 Å². The fourth-order valence-corrected chi connectivity index (χ4v) is 3.10. The van der Waals surface area contributed by atoms with Crippen molar-refractivity contribution in [2.75, 3.05) is 13.4 Å². The van der Waals surface area contributed by atoms with E-state index in [9.17, 15) is 19.7 Å². The van der Waals surface area contributed by atoms with Crippen LogP contribution >= 0.6 is 11.3 Å². The number of rotatable bonds is 8. The maximum Gasteiger partial charge on any atom is 0.330 e. The molecule has 0 atom stereocenters. The van der Waals surface area contributed by atoms with Gasteiger partial charge in [0.1, 0.15) is 0 Å². The predicted octanol–water partition coefficient (Wildman–Crippen LogP) is 3.60. The topological polar surface area (TPSA) is 105 Å². The van der Waals surface area contributed by atoms with Gasteiger partial charge in [-0.3, -0.25) is 14.9 Å². The number of nitro benzene ring substituents is 1. The van der Waals surface area contributed by atoms with Crippen molar-refractivity contribution in [3.8, 4) is 11.5 Å². The van der Waals surface area contributed by atoms with Crippen molar-refractivity contribution in [1.29, 1.82) is 0 Å². The molecule has 0 unspecified atom stereocenters. The number of ketones is 1. The van der Waals surface area contributed by atoms with E-state index in [0.717, 1.165) is 6.08 Å². The average Bonchev–Trinajstić information content (AvgIpc) is 3.33. The Hall–Kier alpha value is -3.20. The van der Waals surface area contributed by atoms with Gasteiger partial charge in [0, 0.05) is 12.5 Å². The predicted molar refractivity (Wildman–Crippen MR) is 97.1 cm³/mol. The molecule has 0 spiro atoms. The summed E-state index contributed by atoms with van der Waals surface area (Å²) in [4.78, 5) is 34.9. The molecular weight excluding hydrogens is 374 g/mol. The van der Waals surface area contributed by atoms with E-state index in [2.05, 4.69) is 0 Å². The molecule has 27 heavy (non-hydrogen) atoms. The number of esters is 1. The molecule has 8 nitrogen and oxygen atoms in total. The van der Waals surface area contributed by atoms with E-state index in [1.807, 2.05) is 5.38 Å². The van der Waals surface area contributed by atoms with Gasteiger partial charge in [-0.15, -0.1) is 11.3 Å². The zero-order valence-corrected chi connectivity index (χ0v) is 14.9. The zero-order valence-electron chi connectivity index (χ0n) is 14.1. The molecule has 0 N–H and O–H groups in total. The number of hydrogen-bond donors (Lipinski definition) is 0. The van der Waals surface area contributed by atoms with Crippen LogP contribution in [0.3, 0.4) is 0 Å². The summed E-state index contributed by atoms with van der Waals surface area (Å²) in [5, 5.41) is 13.0. The van der Waals surface area contributed by atoms with Crippen molar-refractivity contribution in [2.24, 2.45) is 0 Å². The maximum atomic E-state index is 11.8. The highest BCUT2D eigenvalue weighted by Gasteiger charge is 2.22. The van der Waals surface area contributed by atoms with E-state index in [1.54, 1.807) is 12.1 Å². The number of ether oxygens (including phenoxy) is 3. The molecule has 0 saturated heterocycles. The van der Waals surface area contributed by atoms with Crippen molar-refractivity contribution in [3.05, 3.63) is 56.3 Å². The first-order valence-corrected chi connectivity index (χ1v) is 8.92. The van der Waals surface area contributed by atoms with Gasteiger partial charge in [-0.25, -0.2) is 4.79 Å². The summed E-state index contributed by atoms with van der Waals surface area (Å²) >= 11 is 1.37. The number of fused-ring (bicyclic) bond motifs is 1. The van der Waals surface area contributed by atoms with Crippen molar-refractivity contribution in [1.82, 2.24) is 0 Å². The third kappa shape index (κ3) is 4.70. The third-order valence-corrected chi connectivity index (χ3v) is 4.62. The minimum Gasteiger partial charge on any atom is -0.463 e. The van der Waals surface area contributed by atoms with Crippen molar-refractivity contribution < 1.29 is 28.7 Å². The Labute approximate surface area is 158 Å². The Morgan fingerprint density at radius 3 is 2.78 bits per heavy atom. The molecule has 0 radical (unpaired) electrons. The Balaban J connectivity index is 1.52. The van der Waals surface area contributed by atoms with Crippen LogP contribution in [-0.4, -0.2) is 30.1 Å². The average molecular weight is 389 g/mol. The van der Waals surface area contributed by atoms with Crippen LogP contribution in [0.15, 0.2) is 35.7 Å². The fourth-order valence-electron chi connectivity index (χ4n) is 2.41. The van der Waals surface area contributed by atoms with Gasteiger partial charge < -0.3 is 14.2 Å². The van der Waals surface area contributed by atoms with E-state index in [0.29, 0.717) is 17.0 Å². The Morgan fingerprint density at radius 1 is 1.30 bits per heavy atom. The minimum atomic E-state index is -0.648. The van der Waals surface area contributed by atoms with Gasteiger partial charge in [0.15, 0.2) is 17.3 Å². The van der Waals surface area contributed by atoms with Crippen LogP contribution in [0.25, 0.3) is 6.08 Å². The normalized spacial score (nSPS) is 12.3. The summed E-state index contributed by atoms with van der Waals surface area (Å²) in [7, 11) is 0. The van der Waals surface area contributed by atoms with Crippen LogP contribution in [-0.2, 0) is 9.53 Å². The molecule has 1 aliphatic rings. The summed E-state index contributed by atoms with van der Waals surface area (Å²) in [6.07, 6.45) is 3.08. The molecule has 1 aromatic heterocycles. The highest BCUT2D eigenvalue weighted by atomic mass is 32.1. The molecule has 3 rings (SSSR count). The summed E-state index contributed by atoms with van der Waals surface area (Å²) in [6.45, 7) is 0.0788. The van der Waals surface area contributed by atoms with E-state index in [4.69, 9.17) is 14.2 Å². The monoisotopic (exact) mass is 389 g/mol. The van der Waals surface area contributed by atoms with E-state index in [-0.39, 0.29) is 42.6 Å². The van der Waals surface area contributed by atoms with Crippen LogP contribution in [0.2, 0.25) is 0 Å². The van der Waals surface area contributed by atoms with E-state index < -0.39 is 10.9 Å². The van der Waals surface area contributed by atoms with Crippen molar-refractivity contribution in [2.45, 2.75) is 12.8 Å². The first-order chi connectivity index (χ1) is 13.0. The summed E-state index contributed by atoms with van der Waals surface area (Å²) in [5.41, 5.74) is -0.00100. The van der Waals surface area contributed by atoms with Gasteiger partial charge in [0.05, 0.1) is 28.0 Å². The molecule has 1 aromatic carbocycles. The van der Waals surface area contributed by atoms with Gasteiger partial charge in [0.25, 0.3) is 5.69 Å². The number of nitro groups is 1. The molecule has 0 bridgehead atoms. The second-order valence-electron chi connectivity index (χ2n) is 5.53. The Kier molecular flexibility index (Phi) is 5.82. The Bertz CT molecular complexity index is 889. The van der Waals surface area contributed by atoms with Gasteiger partial charge in [-0.05, 0) is 30.0 Å². The smallest absolute Gasteiger partial charge is 0.330 e. The highest BCUT2D eigenvalue weighted by Crippen LogP contribution is 2.38. The molecule has 0 aliphatic carbocycles. The number of nitrogens with zero attached hydrogens (tertiary/aromatic N) is 1. The molecule has 9 heteroatoms. The number of carbonyl (C=O) groups excluding carboxylic acids is 2. The molecule has 2 aromatic rings. The second-order valence-corrected chi connectivity index (χ2v) is 6.47. The van der Waals surface area contributed by atoms with Crippen LogP contribution in [0, 0.1) is 10.1 Å². The quantitative estimate of drug-likeness (QED) is 0.170.